The van der Waals surface area contributed by atoms with Crippen LogP contribution in [0.3, 0.4) is 0 Å². The lowest BCUT2D eigenvalue weighted by Gasteiger charge is -2.28. The van der Waals surface area contributed by atoms with E-state index in [0.717, 1.165) is 19.4 Å². The smallest absolute Gasteiger partial charge is 0.229 e. The fourth-order valence-electron chi connectivity index (χ4n) is 2.52. The van der Waals surface area contributed by atoms with Crippen molar-refractivity contribution in [1.82, 2.24) is 5.32 Å². The molecule has 5 heteroatoms. The lowest BCUT2D eigenvalue weighted by Crippen LogP contribution is -2.44. The molecule has 0 aromatic heterocycles. The van der Waals surface area contributed by atoms with Gasteiger partial charge in [0, 0.05) is 24.3 Å². The molecule has 5 nitrogen and oxygen atoms in total. The Kier molecular flexibility index (Phi) is 4.74. The van der Waals surface area contributed by atoms with Crippen LogP contribution in [0.15, 0.2) is 24.3 Å². The number of nitrogens with one attached hydrogen (secondary N) is 3. The molecule has 1 aromatic rings. The molecule has 0 radical (unpaired) electrons. The second-order valence-corrected chi connectivity index (χ2v) is 5.24. The van der Waals surface area contributed by atoms with E-state index < -0.39 is 0 Å². The highest BCUT2D eigenvalue weighted by molar-refractivity contribution is 5.94. The zero-order chi connectivity index (χ0) is 14.5. The van der Waals surface area contributed by atoms with Gasteiger partial charge in [-0.2, -0.15) is 0 Å². The van der Waals surface area contributed by atoms with E-state index in [-0.39, 0.29) is 23.8 Å². The topological polar surface area (TPSA) is 70.2 Å². The Morgan fingerprint density at radius 1 is 1.25 bits per heavy atom. The number of anilines is 2. The van der Waals surface area contributed by atoms with E-state index in [1.807, 2.05) is 19.1 Å². The van der Waals surface area contributed by atoms with Crippen LogP contribution >= 0.6 is 0 Å². The molecule has 108 valence electrons. The van der Waals surface area contributed by atoms with Crippen LogP contribution in [-0.4, -0.2) is 24.4 Å². The summed E-state index contributed by atoms with van der Waals surface area (Å²) in [5, 5.41) is 8.95. The predicted octanol–water partition coefficient (Wildman–Crippen LogP) is 1.97. The van der Waals surface area contributed by atoms with Crippen molar-refractivity contribution in [2.75, 3.05) is 17.2 Å². The molecule has 2 atom stereocenters. The van der Waals surface area contributed by atoms with E-state index >= 15 is 0 Å². The largest absolute Gasteiger partial charge is 0.326 e. The van der Waals surface area contributed by atoms with Gasteiger partial charge in [0.15, 0.2) is 0 Å². The number of amides is 2. The molecular weight excluding hydrogens is 254 g/mol. The minimum Gasteiger partial charge on any atom is -0.326 e. The predicted molar refractivity (Wildman–Crippen MR) is 79.6 cm³/mol. The van der Waals surface area contributed by atoms with Gasteiger partial charge in [0.1, 0.15) is 0 Å². The number of rotatable bonds is 3. The Morgan fingerprint density at radius 2 is 1.95 bits per heavy atom. The molecule has 2 amide bonds. The Bertz CT molecular complexity index is 502. The van der Waals surface area contributed by atoms with Crippen molar-refractivity contribution < 1.29 is 9.59 Å². The Morgan fingerprint density at radius 3 is 2.60 bits per heavy atom. The van der Waals surface area contributed by atoms with Gasteiger partial charge in [0.2, 0.25) is 11.8 Å². The number of benzene rings is 1. The highest BCUT2D eigenvalue weighted by atomic mass is 16.2. The molecule has 0 bridgehead atoms. The van der Waals surface area contributed by atoms with Crippen molar-refractivity contribution in [3.05, 3.63) is 24.3 Å². The first kappa shape index (κ1) is 14.5. The van der Waals surface area contributed by atoms with Gasteiger partial charge in [-0.15, -0.1) is 0 Å². The van der Waals surface area contributed by atoms with E-state index in [1.165, 1.54) is 6.92 Å². The van der Waals surface area contributed by atoms with Crippen LogP contribution in [0.2, 0.25) is 0 Å². The van der Waals surface area contributed by atoms with E-state index in [1.54, 1.807) is 12.1 Å². The first-order valence-corrected chi connectivity index (χ1v) is 6.98. The zero-order valence-corrected chi connectivity index (χ0v) is 11.9. The number of carbonyl (C=O) groups is 2. The SMILES string of the molecule is CC(=O)Nc1cccc(NC(=O)C2CCCNC2C)c1. The van der Waals surface area contributed by atoms with Crippen LogP contribution < -0.4 is 16.0 Å². The molecule has 1 fully saturated rings. The quantitative estimate of drug-likeness (QED) is 0.790. The molecule has 1 aromatic carbocycles. The Hall–Kier alpha value is -1.88. The van der Waals surface area contributed by atoms with Gasteiger partial charge >= 0.3 is 0 Å². The van der Waals surface area contributed by atoms with Crippen molar-refractivity contribution in [3.8, 4) is 0 Å². The molecule has 20 heavy (non-hydrogen) atoms. The van der Waals surface area contributed by atoms with Crippen LogP contribution in [0, 0.1) is 5.92 Å². The monoisotopic (exact) mass is 275 g/mol. The normalized spacial score (nSPS) is 22.1. The summed E-state index contributed by atoms with van der Waals surface area (Å²) in [5.74, 6) is -0.101. The maximum atomic E-state index is 12.3. The second-order valence-electron chi connectivity index (χ2n) is 5.24. The molecule has 2 rings (SSSR count). The Labute approximate surface area is 119 Å². The number of carbonyl (C=O) groups excluding carboxylic acids is 2. The third-order valence-electron chi connectivity index (χ3n) is 3.55. The average molecular weight is 275 g/mol. The molecule has 1 aliphatic rings. The van der Waals surface area contributed by atoms with Crippen LogP contribution in [0.1, 0.15) is 26.7 Å². The summed E-state index contributed by atoms with van der Waals surface area (Å²) in [5.41, 5.74) is 1.39. The Balaban J connectivity index is 2.01. The highest BCUT2D eigenvalue weighted by Crippen LogP contribution is 2.20. The fourth-order valence-corrected chi connectivity index (χ4v) is 2.52. The number of hydrogen-bond donors (Lipinski definition) is 3. The van der Waals surface area contributed by atoms with E-state index in [4.69, 9.17) is 0 Å². The van der Waals surface area contributed by atoms with Crippen molar-refractivity contribution in [2.24, 2.45) is 5.92 Å². The maximum Gasteiger partial charge on any atom is 0.229 e. The maximum absolute atomic E-state index is 12.3. The molecule has 1 saturated heterocycles. The van der Waals surface area contributed by atoms with Crippen molar-refractivity contribution >= 4 is 23.2 Å². The number of piperidine rings is 1. The van der Waals surface area contributed by atoms with Crippen LogP contribution in [0.4, 0.5) is 11.4 Å². The lowest BCUT2D eigenvalue weighted by atomic mass is 9.91. The average Bonchev–Trinajstić information content (AvgIpc) is 2.38. The van der Waals surface area contributed by atoms with E-state index in [0.29, 0.717) is 11.4 Å². The van der Waals surface area contributed by atoms with Crippen molar-refractivity contribution in [2.45, 2.75) is 32.7 Å². The summed E-state index contributed by atoms with van der Waals surface area (Å²) in [7, 11) is 0. The molecule has 1 heterocycles. The molecule has 3 N–H and O–H groups in total. The summed E-state index contributed by atoms with van der Waals surface area (Å²) in [6.45, 7) is 4.47. The molecule has 0 saturated carbocycles. The fraction of sp³-hybridized carbons (Fsp3) is 0.467. The van der Waals surface area contributed by atoms with Gasteiger partial charge < -0.3 is 16.0 Å². The van der Waals surface area contributed by atoms with Gasteiger partial charge in [-0.1, -0.05) is 6.07 Å². The molecule has 2 unspecified atom stereocenters. The van der Waals surface area contributed by atoms with Gasteiger partial charge in [0.25, 0.3) is 0 Å². The number of hydrogen-bond acceptors (Lipinski definition) is 3. The van der Waals surface area contributed by atoms with Crippen molar-refractivity contribution in [1.29, 1.82) is 0 Å². The molecular formula is C15H21N3O2. The van der Waals surface area contributed by atoms with E-state index in [9.17, 15) is 9.59 Å². The second kappa shape index (κ2) is 6.52. The summed E-state index contributed by atoms with van der Waals surface area (Å²) >= 11 is 0. The summed E-state index contributed by atoms with van der Waals surface area (Å²) < 4.78 is 0. The first-order chi connectivity index (χ1) is 9.56. The molecule has 0 aliphatic carbocycles. The standard InChI is InChI=1S/C15H21N3O2/c1-10-14(7-4-8-16-10)15(20)18-13-6-3-5-12(9-13)17-11(2)19/h3,5-6,9-10,14,16H,4,7-8H2,1-2H3,(H,17,19)(H,18,20). The highest BCUT2D eigenvalue weighted by Gasteiger charge is 2.27. The molecule has 0 spiro atoms. The summed E-state index contributed by atoms with van der Waals surface area (Å²) in [6.07, 6.45) is 1.93. The molecule has 1 aliphatic heterocycles. The van der Waals surface area contributed by atoms with E-state index in [2.05, 4.69) is 16.0 Å². The summed E-state index contributed by atoms with van der Waals surface area (Å²) in [6, 6.07) is 7.39. The van der Waals surface area contributed by atoms with Gasteiger partial charge in [-0.05, 0) is 44.5 Å². The van der Waals surface area contributed by atoms with Crippen LogP contribution in [-0.2, 0) is 9.59 Å². The third kappa shape index (κ3) is 3.81. The summed E-state index contributed by atoms with van der Waals surface area (Å²) in [4.78, 5) is 23.3. The van der Waals surface area contributed by atoms with Crippen LogP contribution in [0.25, 0.3) is 0 Å². The van der Waals surface area contributed by atoms with Gasteiger partial charge in [-0.25, -0.2) is 0 Å². The van der Waals surface area contributed by atoms with Gasteiger partial charge in [0.05, 0.1) is 5.92 Å². The minimum atomic E-state index is -0.126. The van der Waals surface area contributed by atoms with Crippen LogP contribution in [0.5, 0.6) is 0 Å². The lowest BCUT2D eigenvalue weighted by molar-refractivity contribution is -0.121. The zero-order valence-electron chi connectivity index (χ0n) is 11.9. The minimum absolute atomic E-state index is 0.00632. The van der Waals surface area contributed by atoms with Gasteiger partial charge in [-0.3, -0.25) is 9.59 Å². The third-order valence-corrected chi connectivity index (χ3v) is 3.55. The first-order valence-electron chi connectivity index (χ1n) is 6.98. The van der Waals surface area contributed by atoms with Crippen molar-refractivity contribution in [3.63, 3.8) is 0 Å².